The predicted molar refractivity (Wildman–Crippen MR) is 106 cm³/mol. The Balaban J connectivity index is 1.84. The Kier molecular flexibility index (Phi) is 3.57. The molecule has 0 amide bonds. The van der Waals surface area contributed by atoms with E-state index >= 15 is 0 Å². The normalized spacial score (nSPS) is 11.1. The molecule has 2 aromatic carbocycles. The van der Waals surface area contributed by atoms with Crippen molar-refractivity contribution in [2.75, 3.05) is 5.32 Å². The van der Waals surface area contributed by atoms with Gasteiger partial charge in [0.25, 0.3) is 0 Å². The number of anilines is 2. The van der Waals surface area contributed by atoms with Crippen LogP contribution in [0.1, 0.15) is 0 Å². The highest BCUT2D eigenvalue weighted by Crippen LogP contribution is 2.34. The van der Waals surface area contributed by atoms with Crippen LogP contribution in [0.4, 0.5) is 15.9 Å². The lowest BCUT2D eigenvalue weighted by Gasteiger charge is -2.08. The molecule has 130 valence electrons. The zero-order chi connectivity index (χ0) is 18.2. The Morgan fingerprint density at radius 3 is 2.30 bits per heavy atom. The van der Waals surface area contributed by atoms with Crippen LogP contribution in [0.25, 0.3) is 27.7 Å². The number of rotatable bonds is 3. The molecule has 0 radical (unpaired) electrons. The molecule has 0 aliphatic heterocycles. The summed E-state index contributed by atoms with van der Waals surface area (Å²) in [6.45, 7) is 0. The van der Waals surface area contributed by atoms with Gasteiger partial charge >= 0.3 is 0 Å². The third-order valence-corrected chi connectivity index (χ3v) is 4.57. The van der Waals surface area contributed by atoms with E-state index in [1.54, 1.807) is 18.5 Å². The van der Waals surface area contributed by atoms with Crippen LogP contribution in [0, 0.1) is 5.82 Å². The minimum atomic E-state index is -0.275. The van der Waals surface area contributed by atoms with Gasteiger partial charge in [0.05, 0.1) is 5.69 Å². The molecule has 3 heterocycles. The summed E-state index contributed by atoms with van der Waals surface area (Å²) in [5.74, 6) is 0.395. The quantitative estimate of drug-likeness (QED) is 0.470. The molecular weight excluding hydrogens is 339 g/mol. The van der Waals surface area contributed by atoms with E-state index in [4.69, 9.17) is 4.98 Å². The van der Waals surface area contributed by atoms with Crippen LogP contribution in [-0.4, -0.2) is 14.4 Å². The molecule has 5 heteroatoms. The number of nitrogens with zero attached hydrogens (tertiary/aromatic N) is 3. The lowest BCUT2D eigenvalue weighted by molar-refractivity contribution is 0.632. The highest BCUT2D eigenvalue weighted by atomic mass is 19.1. The Hall–Kier alpha value is -3.73. The first-order valence-corrected chi connectivity index (χ1v) is 8.63. The first-order valence-electron chi connectivity index (χ1n) is 8.63. The SMILES string of the molecule is Fc1cn2c(-c3ccccc3)c(Nc3ccncc3)nc2c2ccccc12. The number of hydrogen-bond acceptors (Lipinski definition) is 3. The molecule has 27 heavy (non-hydrogen) atoms. The third-order valence-electron chi connectivity index (χ3n) is 4.57. The van der Waals surface area contributed by atoms with Gasteiger partial charge in [-0.25, -0.2) is 9.37 Å². The Bertz CT molecular complexity index is 1250. The topological polar surface area (TPSA) is 42.2 Å². The maximum atomic E-state index is 14.8. The summed E-state index contributed by atoms with van der Waals surface area (Å²) in [5, 5.41) is 4.69. The number of imidazole rings is 1. The molecule has 0 unspecified atom stereocenters. The van der Waals surface area contributed by atoms with Gasteiger partial charge in [0.1, 0.15) is 11.5 Å². The number of pyridine rings is 2. The van der Waals surface area contributed by atoms with E-state index < -0.39 is 0 Å². The van der Waals surface area contributed by atoms with Crippen LogP contribution in [-0.2, 0) is 0 Å². The van der Waals surface area contributed by atoms with Crippen molar-refractivity contribution in [3.63, 3.8) is 0 Å². The van der Waals surface area contributed by atoms with Crippen molar-refractivity contribution in [3.8, 4) is 11.3 Å². The summed E-state index contributed by atoms with van der Waals surface area (Å²) in [5.41, 5.74) is 3.35. The Labute approximate surface area is 155 Å². The van der Waals surface area contributed by atoms with Crippen molar-refractivity contribution in [2.45, 2.75) is 0 Å². The second-order valence-electron chi connectivity index (χ2n) is 6.25. The number of nitrogens with one attached hydrogen (secondary N) is 1. The molecule has 0 fully saturated rings. The number of aromatic nitrogens is 3. The average Bonchev–Trinajstić information content (AvgIpc) is 3.07. The second kappa shape index (κ2) is 6.21. The van der Waals surface area contributed by atoms with Gasteiger partial charge in [0.15, 0.2) is 5.82 Å². The highest BCUT2D eigenvalue weighted by Gasteiger charge is 2.18. The molecule has 4 nitrogen and oxygen atoms in total. The fourth-order valence-electron chi connectivity index (χ4n) is 3.35. The molecular formula is C22H15FN4. The fraction of sp³-hybridized carbons (Fsp3) is 0. The number of benzene rings is 2. The van der Waals surface area contributed by atoms with Crippen LogP contribution in [0.5, 0.6) is 0 Å². The smallest absolute Gasteiger partial charge is 0.157 e. The Morgan fingerprint density at radius 1 is 0.815 bits per heavy atom. The minimum Gasteiger partial charge on any atom is -0.338 e. The van der Waals surface area contributed by atoms with E-state index in [1.807, 2.05) is 65.1 Å². The molecule has 0 bridgehead atoms. The Morgan fingerprint density at radius 2 is 1.52 bits per heavy atom. The predicted octanol–water partition coefficient (Wildman–Crippen LogP) is 5.43. The first-order chi connectivity index (χ1) is 13.3. The molecule has 5 aromatic rings. The van der Waals surface area contributed by atoms with Crippen LogP contribution in [0.2, 0.25) is 0 Å². The van der Waals surface area contributed by atoms with Gasteiger partial charge in [-0.3, -0.25) is 9.38 Å². The van der Waals surface area contributed by atoms with Crippen molar-refractivity contribution in [1.29, 1.82) is 0 Å². The van der Waals surface area contributed by atoms with Crippen LogP contribution >= 0.6 is 0 Å². The largest absolute Gasteiger partial charge is 0.338 e. The molecule has 3 aromatic heterocycles. The van der Waals surface area contributed by atoms with Crippen LogP contribution in [0.15, 0.2) is 85.3 Å². The van der Waals surface area contributed by atoms with Crippen molar-refractivity contribution in [1.82, 2.24) is 14.4 Å². The monoisotopic (exact) mass is 354 g/mol. The van der Waals surface area contributed by atoms with Gasteiger partial charge in [0, 0.05) is 40.6 Å². The summed E-state index contributed by atoms with van der Waals surface area (Å²) in [6, 6.07) is 21.0. The van der Waals surface area contributed by atoms with Gasteiger partial charge in [-0.15, -0.1) is 0 Å². The third kappa shape index (κ3) is 2.60. The zero-order valence-electron chi connectivity index (χ0n) is 14.3. The highest BCUT2D eigenvalue weighted by molar-refractivity contribution is 5.97. The number of fused-ring (bicyclic) bond motifs is 3. The van der Waals surface area contributed by atoms with Gasteiger partial charge in [-0.05, 0) is 12.1 Å². The zero-order valence-corrected chi connectivity index (χ0v) is 14.3. The van der Waals surface area contributed by atoms with Crippen molar-refractivity contribution in [3.05, 3.63) is 91.1 Å². The molecule has 1 N–H and O–H groups in total. The summed E-state index contributed by atoms with van der Waals surface area (Å²) in [7, 11) is 0. The molecule has 0 saturated heterocycles. The maximum absolute atomic E-state index is 14.8. The number of halogens is 1. The summed E-state index contributed by atoms with van der Waals surface area (Å²) < 4.78 is 16.6. The van der Waals surface area contributed by atoms with Crippen LogP contribution in [0.3, 0.4) is 0 Å². The molecule has 0 atom stereocenters. The van der Waals surface area contributed by atoms with E-state index in [9.17, 15) is 4.39 Å². The summed E-state index contributed by atoms with van der Waals surface area (Å²) in [6.07, 6.45) is 4.94. The van der Waals surface area contributed by atoms with Gasteiger partial charge in [0.2, 0.25) is 0 Å². The molecule has 5 rings (SSSR count). The second-order valence-corrected chi connectivity index (χ2v) is 6.25. The van der Waals surface area contributed by atoms with E-state index in [2.05, 4.69) is 10.3 Å². The van der Waals surface area contributed by atoms with Gasteiger partial charge in [-0.1, -0.05) is 54.6 Å². The van der Waals surface area contributed by atoms with Crippen molar-refractivity contribution < 1.29 is 4.39 Å². The van der Waals surface area contributed by atoms with E-state index in [0.29, 0.717) is 16.9 Å². The molecule has 0 spiro atoms. The van der Waals surface area contributed by atoms with Gasteiger partial charge in [-0.2, -0.15) is 0 Å². The van der Waals surface area contributed by atoms with Crippen molar-refractivity contribution >= 4 is 27.9 Å². The average molecular weight is 354 g/mol. The first kappa shape index (κ1) is 15.5. The van der Waals surface area contributed by atoms with E-state index in [1.165, 1.54) is 6.20 Å². The number of hydrogen-bond donors (Lipinski definition) is 1. The summed E-state index contributed by atoms with van der Waals surface area (Å²) in [4.78, 5) is 8.87. The molecule has 0 saturated carbocycles. The fourth-order valence-corrected chi connectivity index (χ4v) is 3.35. The van der Waals surface area contributed by atoms with Crippen molar-refractivity contribution in [2.24, 2.45) is 0 Å². The van der Waals surface area contributed by atoms with E-state index in [0.717, 1.165) is 22.3 Å². The van der Waals surface area contributed by atoms with Gasteiger partial charge < -0.3 is 5.32 Å². The standard InChI is InChI=1S/C22H15FN4/c23-19-14-27-20(15-6-2-1-3-7-15)21(25-16-10-12-24-13-11-16)26-22(27)18-9-5-4-8-17(18)19/h1-14H,(H,24,25). The van der Waals surface area contributed by atoms with E-state index in [-0.39, 0.29) is 5.82 Å². The lowest BCUT2D eigenvalue weighted by Crippen LogP contribution is -1.95. The lowest BCUT2D eigenvalue weighted by atomic mass is 10.1. The van der Waals surface area contributed by atoms with Crippen LogP contribution < -0.4 is 5.32 Å². The minimum absolute atomic E-state index is 0.275. The maximum Gasteiger partial charge on any atom is 0.157 e. The summed E-state index contributed by atoms with van der Waals surface area (Å²) >= 11 is 0. The molecule has 0 aliphatic carbocycles. The molecule has 0 aliphatic rings.